The first-order valence-corrected chi connectivity index (χ1v) is 19.2. The number of anilines is 6. The summed E-state index contributed by atoms with van der Waals surface area (Å²) in [6.07, 6.45) is 4.39. The highest BCUT2D eigenvalue weighted by molar-refractivity contribution is 6.14. The second kappa shape index (κ2) is 14.4. The van der Waals surface area contributed by atoms with Crippen LogP contribution in [-0.2, 0) is 0 Å². The lowest BCUT2D eigenvalue weighted by molar-refractivity contribution is 1.29. The average Bonchev–Trinajstić information content (AvgIpc) is 3.27. The van der Waals surface area contributed by atoms with Gasteiger partial charge in [-0.1, -0.05) is 164 Å². The minimum absolute atomic E-state index is 1.11. The average molecular weight is 715 g/mol. The fraction of sp³-hybridized carbons (Fsp3) is 0. The number of fused-ring (bicyclic) bond motifs is 5. The Morgan fingerprint density at radius 2 is 0.661 bits per heavy atom. The third-order valence-corrected chi connectivity index (χ3v) is 10.8. The highest BCUT2D eigenvalue weighted by Gasteiger charge is 2.17. The fourth-order valence-electron chi connectivity index (χ4n) is 7.96. The molecule has 10 rings (SSSR count). The maximum absolute atomic E-state index is 2.37. The number of benzene rings is 10. The number of hydrogen-bond acceptors (Lipinski definition) is 2. The zero-order valence-corrected chi connectivity index (χ0v) is 30.8. The standard InChI is InChI=1S/C54H38N2/c1-2-17-46(18-3-1)56(54-38-45-16-8-9-19-51(45)52-20-10-11-21-53(52)54)48-32-26-40(27-33-48)23-22-39-24-30-47(31-25-39)55(49-34-28-41-12-4-6-14-43(41)36-49)50-35-29-42-13-5-7-15-44(42)37-50/h1-38H. The van der Waals surface area contributed by atoms with Crippen LogP contribution in [0, 0.1) is 0 Å². The summed E-state index contributed by atoms with van der Waals surface area (Å²) in [6.45, 7) is 0. The van der Waals surface area contributed by atoms with Crippen LogP contribution >= 0.6 is 0 Å². The largest absolute Gasteiger partial charge is 0.310 e. The van der Waals surface area contributed by atoms with Crippen LogP contribution in [0.25, 0.3) is 55.2 Å². The van der Waals surface area contributed by atoms with Crippen molar-refractivity contribution in [1.29, 1.82) is 0 Å². The van der Waals surface area contributed by atoms with Crippen LogP contribution in [-0.4, -0.2) is 0 Å². The van der Waals surface area contributed by atoms with Gasteiger partial charge in [-0.25, -0.2) is 0 Å². The van der Waals surface area contributed by atoms with Crippen molar-refractivity contribution in [1.82, 2.24) is 0 Å². The maximum atomic E-state index is 2.37. The summed E-state index contributed by atoms with van der Waals surface area (Å²) >= 11 is 0. The van der Waals surface area contributed by atoms with Crippen LogP contribution in [0.4, 0.5) is 34.1 Å². The Hall–Kier alpha value is -7.42. The molecule has 0 aliphatic rings. The van der Waals surface area contributed by atoms with E-state index < -0.39 is 0 Å². The Balaban J connectivity index is 0.967. The summed E-state index contributed by atoms with van der Waals surface area (Å²) in [5.74, 6) is 0. The molecule has 0 bridgehead atoms. The lowest BCUT2D eigenvalue weighted by atomic mass is 9.99. The molecule has 0 saturated heterocycles. The zero-order valence-electron chi connectivity index (χ0n) is 30.8. The van der Waals surface area contributed by atoms with E-state index in [0.717, 1.165) is 45.3 Å². The molecule has 2 nitrogen and oxygen atoms in total. The molecule has 0 saturated carbocycles. The van der Waals surface area contributed by atoms with Crippen LogP contribution in [0.5, 0.6) is 0 Å². The first-order valence-electron chi connectivity index (χ1n) is 19.2. The predicted molar refractivity (Wildman–Crippen MR) is 241 cm³/mol. The summed E-state index contributed by atoms with van der Waals surface area (Å²) < 4.78 is 0. The fourth-order valence-corrected chi connectivity index (χ4v) is 7.96. The third kappa shape index (κ3) is 6.34. The molecule has 0 heterocycles. The highest BCUT2D eigenvalue weighted by atomic mass is 15.1. The number of nitrogens with zero attached hydrogens (tertiary/aromatic N) is 2. The minimum Gasteiger partial charge on any atom is -0.310 e. The molecular formula is C54H38N2. The van der Waals surface area contributed by atoms with Gasteiger partial charge in [-0.15, -0.1) is 0 Å². The number of rotatable bonds is 8. The van der Waals surface area contributed by atoms with Crippen molar-refractivity contribution in [2.45, 2.75) is 0 Å². The van der Waals surface area contributed by atoms with Gasteiger partial charge in [0.2, 0.25) is 0 Å². The van der Waals surface area contributed by atoms with Crippen molar-refractivity contribution in [2.75, 3.05) is 9.80 Å². The Kier molecular flexibility index (Phi) is 8.55. The molecule has 0 aromatic heterocycles. The lowest BCUT2D eigenvalue weighted by Gasteiger charge is -2.27. The Morgan fingerprint density at radius 3 is 1.23 bits per heavy atom. The summed E-state index contributed by atoms with van der Waals surface area (Å²) in [6, 6.07) is 78.6. The molecule has 0 fully saturated rings. The smallest absolute Gasteiger partial charge is 0.0546 e. The van der Waals surface area contributed by atoms with Crippen LogP contribution < -0.4 is 9.80 Å². The molecule has 0 spiro atoms. The summed E-state index contributed by atoms with van der Waals surface area (Å²) in [4.78, 5) is 4.72. The van der Waals surface area contributed by atoms with E-state index >= 15 is 0 Å². The van der Waals surface area contributed by atoms with Gasteiger partial charge in [0.1, 0.15) is 0 Å². The summed E-state index contributed by atoms with van der Waals surface area (Å²) in [5, 5.41) is 9.88. The Bertz CT molecular complexity index is 2940. The van der Waals surface area contributed by atoms with E-state index in [9.17, 15) is 0 Å². The molecule has 0 aliphatic carbocycles. The molecule has 2 heteroatoms. The van der Waals surface area contributed by atoms with Gasteiger partial charge in [0, 0.05) is 33.8 Å². The number of hydrogen-bond donors (Lipinski definition) is 0. The molecule has 264 valence electrons. The normalized spacial score (nSPS) is 11.5. The first kappa shape index (κ1) is 33.2. The molecule has 10 aromatic rings. The van der Waals surface area contributed by atoms with Gasteiger partial charge < -0.3 is 9.80 Å². The van der Waals surface area contributed by atoms with E-state index in [4.69, 9.17) is 0 Å². The predicted octanol–water partition coefficient (Wildman–Crippen LogP) is 15.4. The zero-order chi connectivity index (χ0) is 37.3. The molecular weight excluding hydrogens is 677 g/mol. The second-order valence-electron chi connectivity index (χ2n) is 14.2. The van der Waals surface area contributed by atoms with Crippen LogP contribution in [0.15, 0.2) is 218 Å². The van der Waals surface area contributed by atoms with Crippen LogP contribution in [0.2, 0.25) is 0 Å². The van der Waals surface area contributed by atoms with Gasteiger partial charge >= 0.3 is 0 Å². The minimum atomic E-state index is 1.11. The van der Waals surface area contributed by atoms with Crippen molar-refractivity contribution in [3.63, 3.8) is 0 Å². The molecule has 0 atom stereocenters. The Morgan fingerprint density at radius 1 is 0.250 bits per heavy atom. The van der Waals surface area contributed by atoms with Gasteiger partial charge in [0.25, 0.3) is 0 Å². The third-order valence-electron chi connectivity index (χ3n) is 10.8. The summed E-state index contributed by atoms with van der Waals surface area (Å²) in [7, 11) is 0. The van der Waals surface area contributed by atoms with E-state index in [2.05, 4.69) is 240 Å². The maximum Gasteiger partial charge on any atom is 0.0546 e. The molecule has 0 unspecified atom stereocenters. The van der Waals surface area contributed by atoms with Gasteiger partial charge in [-0.3, -0.25) is 0 Å². The van der Waals surface area contributed by atoms with Crippen molar-refractivity contribution in [3.05, 3.63) is 230 Å². The molecule has 0 amide bonds. The molecule has 10 aromatic carbocycles. The summed E-state index contributed by atoms with van der Waals surface area (Å²) in [5.41, 5.74) is 9.05. The van der Waals surface area contributed by atoms with E-state index in [0.29, 0.717) is 0 Å². The Labute approximate surface area is 327 Å². The van der Waals surface area contributed by atoms with Gasteiger partial charge in [0.15, 0.2) is 0 Å². The lowest BCUT2D eigenvalue weighted by Crippen LogP contribution is -2.10. The topological polar surface area (TPSA) is 6.48 Å². The quantitative estimate of drug-likeness (QED) is 0.114. The van der Waals surface area contributed by atoms with Gasteiger partial charge in [-0.05, 0) is 116 Å². The second-order valence-corrected chi connectivity index (χ2v) is 14.2. The van der Waals surface area contributed by atoms with Crippen molar-refractivity contribution >= 4 is 89.4 Å². The molecule has 0 radical (unpaired) electrons. The molecule has 56 heavy (non-hydrogen) atoms. The van der Waals surface area contributed by atoms with Crippen LogP contribution in [0.1, 0.15) is 11.1 Å². The van der Waals surface area contributed by atoms with Gasteiger partial charge in [0.05, 0.1) is 5.69 Å². The molecule has 0 N–H and O–H groups in total. The van der Waals surface area contributed by atoms with Crippen molar-refractivity contribution < 1.29 is 0 Å². The van der Waals surface area contributed by atoms with E-state index in [1.54, 1.807) is 0 Å². The monoisotopic (exact) mass is 714 g/mol. The van der Waals surface area contributed by atoms with Gasteiger partial charge in [-0.2, -0.15) is 0 Å². The highest BCUT2D eigenvalue weighted by Crippen LogP contribution is 2.42. The first-order chi connectivity index (χ1) is 27.7. The van der Waals surface area contributed by atoms with E-state index in [-0.39, 0.29) is 0 Å². The van der Waals surface area contributed by atoms with Crippen LogP contribution in [0.3, 0.4) is 0 Å². The van der Waals surface area contributed by atoms with Crippen molar-refractivity contribution in [2.24, 2.45) is 0 Å². The van der Waals surface area contributed by atoms with E-state index in [1.807, 2.05) is 0 Å². The van der Waals surface area contributed by atoms with E-state index in [1.165, 1.54) is 43.1 Å². The molecule has 0 aliphatic heterocycles. The van der Waals surface area contributed by atoms with Crippen molar-refractivity contribution in [3.8, 4) is 0 Å². The number of para-hydroxylation sites is 1. The SMILES string of the molecule is C(=Cc1ccc(N(c2ccccc2)c2cc3ccccc3c3ccccc23)cc1)c1ccc(N(c2ccc3ccccc3c2)c2ccc3ccccc3c2)cc1.